The smallest absolute Gasteiger partial charge is 0.252 e. The molecular weight excluding hydrogens is 240 g/mol. The lowest BCUT2D eigenvalue weighted by Crippen LogP contribution is -2.23. The van der Waals surface area contributed by atoms with Crippen molar-refractivity contribution in [2.24, 2.45) is 5.73 Å². The largest absolute Gasteiger partial charge is 0.381 e. The summed E-state index contributed by atoms with van der Waals surface area (Å²) >= 11 is 0. The number of hydrogen-bond donors (Lipinski definition) is 3. The second-order valence-corrected chi connectivity index (χ2v) is 4.78. The Kier molecular flexibility index (Phi) is 2.95. The van der Waals surface area contributed by atoms with E-state index in [1.54, 1.807) is 0 Å². The minimum atomic E-state index is -0.454. The zero-order chi connectivity index (χ0) is 13.2. The first kappa shape index (κ1) is 11.8. The molecule has 19 heavy (non-hydrogen) atoms. The summed E-state index contributed by atoms with van der Waals surface area (Å²) in [5.74, 6) is -0.454. The normalized spacial score (nSPS) is 18.6. The Morgan fingerprint density at radius 2 is 2.37 bits per heavy atom. The van der Waals surface area contributed by atoms with Crippen LogP contribution in [0.2, 0.25) is 0 Å². The third-order valence-electron chi connectivity index (χ3n) is 3.47. The first-order valence-electron chi connectivity index (χ1n) is 6.43. The number of amides is 1. The average molecular weight is 256 g/mol. The van der Waals surface area contributed by atoms with E-state index in [9.17, 15) is 4.79 Å². The summed E-state index contributed by atoms with van der Waals surface area (Å²) in [5.41, 5.74) is 7.44. The van der Waals surface area contributed by atoms with Gasteiger partial charge in [-0.1, -0.05) is 12.2 Å². The molecule has 2 heterocycles. The van der Waals surface area contributed by atoms with Gasteiger partial charge in [-0.2, -0.15) is 0 Å². The predicted octanol–water partition coefficient (Wildman–Crippen LogP) is 2.18. The zero-order valence-corrected chi connectivity index (χ0v) is 10.5. The van der Waals surface area contributed by atoms with Crippen molar-refractivity contribution in [2.75, 3.05) is 5.32 Å². The van der Waals surface area contributed by atoms with Crippen LogP contribution in [-0.4, -0.2) is 21.9 Å². The third kappa shape index (κ3) is 2.19. The number of allylic oxidation sites excluding steroid dienone is 1. The molecule has 0 fully saturated rings. The highest BCUT2D eigenvalue weighted by atomic mass is 16.1. The maximum atomic E-state index is 11.5. The predicted molar refractivity (Wildman–Crippen MR) is 75.0 cm³/mol. The van der Waals surface area contributed by atoms with E-state index >= 15 is 0 Å². The van der Waals surface area contributed by atoms with Crippen LogP contribution in [0.1, 0.15) is 29.6 Å². The number of nitrogens with zero attached hydrogens (tertiary/aromatic N) is 1. The standard InChI is InChI=1S/C14H16N4O/c15-13(19)11-8-17-14-10(6-7-16-14)12(11)18-9-4-2-1-3-5-9/h1-2,6-9H,3-5H2,(H2,15,19)(H2,16,17,18). The van der Waals surface area contributed by atoms with E-state index in [-0.39, 0.29) is 0 Å². The summed E-state index contributed by atoms with van der Waals surface area (Å²) in [5, 5.41) is 4.36. The molecule has 2 aromatic rings. The van der Waals surface area contributed by atoms with Gasteiger partial charge in [-0.3, -0.25) is 4.79 Å². The molecule has 2 aromatic heterocycles. The number of H-pyrrole nitrogens is 1. The van der Waals surface area contributed by atoms with Crippen molar-refractivity contribution in [2.45, 2.75) is 25.3 Å². The van der Waals surface area contributed by atoms with Gasteiger partial charge in [0.15, 0.2) is 0 Å². The minimum Gasteiger partial charge on any atom is -0.381 e. The second-order valence-electron chi connectivity index (χ2n) is 4.78. The quantitative estimate of drug-likeness (QED) is 0.736. The molecular formula is C14H16N4O. The van der Waals surface area contributed by atoms with Gasteiger partial charge < -0.3 is 16.0 Å². The monoisotopic (exact) mass is 256 g/mol. The number of aromatic amines is 1. The molecule has 0 saturated carbocycles. The highest BCUT2D eigenvalue weighted by molar-refractivity contribution is 6.05. The van der Waals surface area contributed by atoms with Gasteiger partial charge in [0.05, 0.1) is 11.3 Å². The van der Waals surface area contributed by atoms with Gasteiger partial charge >= 0.3 is 0 Å². The lowest BCUT2D eigenvalue weighted by molar-refractivity contribution is 0.100. The van der Waals surface area contributed by atoms with Crippen LogP contribution in [0.5, 0.6) is 0 Å². The summed E-state index contributed by atoms with van der Waals surface area (Å²) < 4.78 is 0. The first-order chi connectivity index (χ1) is 9.25. The van der Waals surface area contributed by atoms with Crippen LogP contribution in [0, 0.1) is 0 Å². The number of fused-ring (bicyclic) bond motifs is 1. The van der Waals surface area contributed by atoms with Crippen molar-refractivity contribution >= 4 is 22.6 Å². The van der Waals surface area contributed by atoms with Crippen molar-refractivity contribution in [3.8, 4) is 0 Å². The van der Waals surface area contributed by atoms with Crippen LogP contribution in [0.15, 0.2) is 30.6 Å². The molecule has 1 aliphatic carbocycles. The number of carbonyl (C=O) groups excluding carboxylic acids is 1. The topological polar surface area (TPSA) is 83.8 Å². The molecule has 1 atom stereocenters. The molecule has 1 aliphatic rings. The van der Waals surface area contributed by atoms with Gasteiger partial charge in [0.25, 0.3) is 5.91 Å². The number of aromatic nitrogens is 2. The zero-order valence-electron chi connectivity index (χ0n) is 10.5. The summed E-state index contributed by atoms with van der Waals surface area (Å²) in [4.78, 5) is 18.8. The van der Waals surface area contributed by atoms with E-state index in [0.29, 0.717) is 11.6 Å². The van der Waals surface area contributed by atoms with Crippen molar-refractivity contribution in [1.82, 2.24) is 9.97 Å². The van der Waals surface area contributed by atoms with Gasteiger partial charge in [-0.15, -0.1) is 0 Å². The minimum absolute atomic E-state index is 0.337. The lowest BCUT2D eigenvalue weighted by Gasteiger charge is -2.22. The molecule has 0 saturated heterocycles. The summed E-state index contributed by atoms with van der Waals surface area (Å²) in [6, 6.07) is 2.25. The fraction of sp³-hybridized carbons (Fsp3) is 0.286. The molecule has 0 spiro atoms. The Balaban J connectivity index is 2.03. The van der Waals surface area contributed by atoms with Crippen LogP contribution in [0.4, 0.5) is 5.69 Å². The van der Waals surface area contributed by atoms with E-state index in [1.165, 1.54) is 6.20 Å². The fourth-order valence-electron chi connectivity index (χ4n) is 2.48. The first-order valence-corrected chi connectivity index (χ1v) is 6.43. The van der Waals surface area contributed by atoms with Crippen LogP contribution in [0.3, 0.4) is 0 Å². The number of anilines is 1. The van der Waals surface area contributed by atoms with Crippen LogP contribution in [-0.2, 0) is 0 Å². The van der Waals surface area contributed by atoms with Crippen molar-refractivity contribution in [3.63, 3.8) is 0 Å². The summed E-state index contributed by atoms with van der Waals surface area (Å²) in [6.45, 7) is 0. The molecule has 98 valence electrons. The number of nitrogens with one attached hydrogen (secondary N) is 2. The average Bonchev–Trinajstić information content (AvgIpc) is 2.88. The molecule has 5 heteroatoms. The van der Waals surface area contributed by atoms with E-state index in [1.807, 2.05) is 12.3 Å². The molecule has 1 amide bonds. The summed E-state index contributed by atoms with van der Waals surface area (Å²) in [6.07, 6.45) is 10.8. The van der Waals surface area contributed by atoms with E-state index in [4.69, 9.17) is 5.73 Å². The third-order valence-corrected chi connectivity index (χ3v) is 3.47. The van der Waals surface area contributed by atoms with Gasteiger partial charge in [-0.25, -0.2) is 4.98 Å². The van der Waals surface area contributed by atoms with Crippen LogP contribution >= 0.6 is 0 Å². The maximum Gasteiger partial charge on any atom is 0.252 e. The second kappa shape index (κ2) is 4.76. The molecule has 0 radical (unpaired) electrons. The highest BCUT2D eigenvalue weighted by Crippen LogP contribution is 2.27. The Morgan fingerprint density at radius 3 is 3.11 bits per heavy atom. The number of pyridine rings is 1. The van der Waals surface area contributed by atoms with Crippen LogP contribution in [0.25, 0.3) is 11.0 Å². The Bertz CT molecular complexity index is 644. The van der Waals surface area contributed by atoms with E-state index in [2.05, 4.69) is 27.4 Å². The van der Waals surface area contributed by atoms with E-state index < -0.39 is 5.91 Å². The van der Waals surface area contributed by atoms with Crippen LogP contribution < -0.4 is 11.1 Å². The molecule has 4 N–H and O–H groups in total. The molecule has 0 bridgehead atoms. The molecule has 1 unspecified atom stereocenters. The van der Waals surface area contributed by atoms with Gasteiger partial charge in [0.2, 0.25) is 0 Å². The lowest BCUT2D eigenvalue weighted by atomic mass is 10.0. The molecule has 3 rings (SSSR count). The fourth-order valence-corrected chi connectivity index (χ4v) is 2.48. The summed E-state index contributed by atoms with van der Waals surface area (Å²) in [7, 11) is 0. The molecule has 5 nitrogen and oxygen atoms in total. The number of nitrogens with two attached hydrogens (primary N) is 1. The highest BCUT2D eigenvalue weighted by Gasteiger charge is 2.17. The van der Waals surface area contributed by atoms with Gasteiger partial charge in [0, 0.05) is 23.8 Å². The SMILES string of the molecule is NC(=O)c1cnc2[nH]ccc2c1NC1CC=CCC1. The Hall–Kier alpha value is -2.30. The number of rotatable bonds is 3. The van der Waals surface area contributed by atoms with Gasteiger partial charge in [0.1, 0.15) is 5.65 Å². The number of carbonyl (C=O) groups is 1. The van der Waals surface area contributed by atoms with Crippen molar-refractivity contribution in [3.05, 3.63) is 36.2 Å². The number of primary amides is 1. The Labute approximate surface area is 110 Å². The van der Waals surface area contributed by atoms with Gasteiger partial charge in [-0.05, 0) is 25.3 Å². The van der Waals surface area contributed by atoms with Crippen molar-refractivity contribution < 1.29 is 4.79 Å². The van der Waals surface area contributed by atoms with E-state index in [0.717, 1.165) is 36.0 Å². The Morgan fingerprint density at radius 1 is 1.47 bits per heavy atom. The number of hydrogen-bond acceptors (Lipinski definition) is 3. The molecule has 0 aromatic carbocycles. The molecule has 0 aliphatic heterocycles. The maximum absolute atomic E-state index is 11.5. The van der Waals surface area contributed by atoms with Crippen molar-refractivity contribution in [1.29, 1.82) is 0 Å².